The maximum absolute atomic E-state index is 13.4. The second-order valence-corrected chi connectivity index (χ2v) is 9.17. The molecule has 0 N–H and O–H groups in total. The van der Waals surface area contributed by atoms with Gasteiger partial charge in [-0.15, -0.1) is 26.3 Å². The minimum absolute atomic E-state index is 0.167. The molecule has 0 bridgehead atoms. The van der Waals surface area contributed by atoms with Crippen LogP contribution in [0.25, 0.3) is 0 Å². The molecule has 4 rings (SSSR count). The fourth-order valence-electron chi connectivity index (χ4n) is 4.87. The van der Waals surface area contributed by atoms with Crippen LogP contribution in [0, 0.1) is 0 Å². The summed E-state index contributed by atoms with van der Waals surface area (Å²) < 4.78 is 22.5. The Bertz CT molecular complexity index is 1110. The van der Waals surface area contributed by atoms with Crippen LogP contribution in [0.3, 0.4) is 0 Å². The average Bonchev–Trinajstić information content (AvgIpc) is 3.51. The zero-order valence-corrected chi connectivity index (χ0v) is 24.6. The van der Waals surface area contributed by atoms with Gasteiger partial charge in [-0.05, 0) is 66.8 Å². The van der Waals surface area contributed by atoms with Gasteiger partial charge in [0.25, 0.3) is 0 Å². The third-order valence-electron chi connectivity index (χ3n) is 6.70. The fourth-order valence-corrected chi connectivity index (χ4v) is 4.87. The zero-order valence-electron chi connectivity index (χ0n) is 24.6. The quantitative estimate of drug-likeness (QED) is 0.211. The van der Waals surface area contributed by atoms with Crippen molar-refractivity contribution in [1.82, 2.24) is 14.9 Å². The highest BCUT2D eigenvalue weighted by molar-refractivity contribution is 5.76. The molecule has 0 amide bonds. The summed E-state index contributed by atoms with van der Waals surface area (Å²) in [5.41, 5.74) is 3.13. The zero-order chi connectivity index (χ0) is 30.0. The van der Waals surface area contributed by atoms with Crippen molar-refractivity contribution >= 4 is 5.97 Å². The molecule has 41 heavy (non-hydrogen) atoms. The number of ether oxygens (including phenoxy) is 4. The van der Waals surface area contributed by atoms with E-state index >= 15 is 0 Å². The van der Waals surface area contributed by atoms with Gasteiger partial charge in [0.15, 0.2) is 11.5 Å². The molecule has 1 aliphatic heterocycles. The average molecular weight is 562 g/mol. The first-order valence-corrected chi connectivity index (χ1v) is 13.6. The Balaban J connectivity index is 0.00000141. The lowest BCUT2D eigenvalue weighted by atomic mass is 10.0. The fraction of sp³-hybridized carbons (Fsp3) is 0.364. The molecule has 0 spiro atoms. The molecule has 0 unspecified atom stereocenters. The number of benzene rings is 1. The lowest BCUT2D eigenvalue weighted by Crippen LogP contribution is -2.40. The number of methoxy groups -OCH3 is 3. The summed E-state index contributed by atoms with van der Waals surface area (Å²) >= 11 is 0. The van der Waals surface area contributed by atoms with Gasteiger partial charge in [0.2, 0.25) is 5.75 Å². The second-order valence-electron chi connectivity index (χ2n) is 9.17. The molecule has 0 aliphatic carbocycles. The van der Waals surface area contributed by atoms with E-state index < -0.39 is 0 Å². The molecule has 3 heterocycles. The second kappa shape index (κ2) is 18.2. The Kier molecular flexibility index (Phi) is 14.7. The van der Waals surface area contributed by atoms with E-state index in [4.69, 9.17) is 18.9 Å². The molecule has 220 valence electrons. The number of aromatic nitrogens is 2. The molecule has 1 fully saturated rings. The standard InChI is InChI=1S/C29H35N3O5.2C2H4/c1-34-26-17-21(18-27(35-2)28(26)36-3)10-14-32-13-6-9-25(32)29(33)37-24(15-22-7-4-11-30-19-22)16-23-8-5-12-31-20-23;2*1-2/h4-5,7-8,11-12,17-20,24-25H,6,9-10,13-16H2,1-3H3;2*1-2H2/t25-;;/m0../s1. The molecular weight excluding hydrogens is 518 g/mol. The summed E-state index contributed by atoms with van der Waals surface area (Å²) in [5, 5.41) is 0. The molecule has 2 aromatic heterocycles. The van der Waals surface area contributed by atoms with Crippen molar-refractivity contribution in [2.75, 3.05) is 34.4 Å². The lowest BCUT2D eigenvalue weighted by Gasteiger charge is -2.26. The summed E-state index contributed by atoms with van der Waals surface area (Å²) in [7, 11) is 4.82. The topological polar surface area (TPSA) is 83.0 Å². The molecule has 1 atom stereocenters. The van der Waals surface area contributed by atoms with Crippen molar-refractivity contribution in [3.05, 3.63) is 104 Å². The molecule has 1 aliphatic rings. The van der Waals surface area contributed by atoms with Crippen LogP contribution in [0.4, 0.5) is 0 Å². The highest BCUT2D eigenvalue weighted by Gasteiger charge is 2.33. The van der Waals surface area contributed by atoms with Crippen LogP contribution >= 0.6 is 0 Å². The van der Waals surface area contributed by atoms with Gasteiger partial charge in [-0.2, -0.15) is 0 Å². The molecule has 8 nitrogen and oxygen atoms in total. The van der Waals surface area contributed by atoms with Gasteiger partial charge in [0.1, 0.15) is 12.1 Å². The molecule has 8 heteroatoms. The summed E-state index contributed by atoms with van der Waals surface area (Å²) in [6, 6.07) is 11.5. The van der Waals surface area contributed by atoms with Crippen molar-refractivity contribution in [2.45, 2.75) is 44.2 Å². The van der Waals surface area contributed by atoms with Crippen molar-refractivity contribution in [3.8, 4) is 17.2 Å². The summed E-state index contributed by atoms with van der Waals surface area (Å²) in [4.78, 5) is 24.0. The molecule has 1 aromatic carbocycles. The number of likely N-dealkylation sites (tertiary alicyclic amines) is 1. The number of carbonyl (C=O) groups excluding carboxylic acids is 1. The van der Waals surface area contributed by atoms with Gasteiger partial charge in [0, 0.05) is 44.2 Å². The molecular formula is C33H43N3O5. The smallest absolute Gasteiger partial charge is 0.323 e. The van der Waals surface area contributed by atoms with Gasteiger partial charge < -0.3 is 18.9 Å². The Labute approximate surface area is 244 Å². The number of nitrogens with zero attached hydrogens (tertiary/aromatic N) is 3. The number of hydrogen-bond donors (Lipinski definition) is 0. The van der Waals surface area contributed by atoms with Crippen LogP contribution < -0.4 is 14.2 Å². The van der Waals surface area contributed by atoms with Gasteiger partial charge in [-0.25, -0.2) is 0 Å². The SMILES string of the molecule is C=C.C=C.COc1cc(CCN2CCC[C@H]2C(=O)OC(Cc2cccnc2)Cc2cccnc2)cc(OC)c1OC. The summed E-state index contributed by atoms with van der Waals surface area (Å²) in [5.74, 6) is 1.66. The van der Waals surface area contributed by atoms with E-state index in [2.05, 4.69) is 41.2 Å². The largest absolute Gasteiger partial charge is 0.493 e. The third kappa shape index (κ3) is 9.76. The molecule has 3 aromatic rings. The van der Waals surface area contributed by atoms with Crippen molar-refractivity contribution < 1.29 is 23.7 Å². The van der Waals surface area contributed by atoms with Crippen LogP contribution in [-0.4, -0.2) is 67.4 Å². The van der Waals surface area contributed by atoms with Crippen LogP contribution in [-0.2, 0) is 28.8 Å². The van der Waals surface area contributed by atoms with Crippen molar-refractivity contribution in [1.29, 1.82) is 0 Å². The highest BCUT2D eigenvalue weighted by Crippen LogP contribution is 2.38. The van der Waals surface area contributed by atoms with E-state index in [1.165, 1.54) is 0 Å². The molecule has 1 saturated heterocycles. The number of hydrogen-bond acceptors (Lipinski definition) is 8. The lowest BCUT2D eigenvalue weighted by molar-refractivity contribution is -0.154. The first-order chi connectivity index (χ1) is 20.1. The molecule has 0 saturated carbocycles. The van der Waals surface area contributed by atoms with Crippen LogP contribution in [0.2, 0.25) is 0 Å². The van der Waals surface area contributed by atoms with Crippen LogP contribution in [0.15, 0.2) is 87.5 Å². The molecule has 0 radical (unpaired) electrons. The van der Waals surface area contributed by atoms with Crippen LogP contribution in [0.5, 0.6) is 17.2 Å². The number of esters is 1. The maximum atomic E-state index is 13.4. The predicted octanol–water partition coefficient (Wildman–Crippen LogP) is 5.51. The first kappa shape index (κ1) is 33.0. The normalized spacial score (nSPS) is 14.2. The van der Waals surface area contributed by atoms with E-state index in [-0.39, 0.29) is 18.1 Å². The highest BCUT2D eigenvalue weighted by atomic mass is 16.5. The maximum Gasteiger partial charge on any atom is 0.323 e. The number of rotatable bonds is 12. The Morgan fingerprint density at radius 2 is 1.46 bits per heavy atom. The van der Waals surface area contributed by atoms with Crippen molar-refractivity contribution in [3.63, 3.8) is 0 Å². The first-order valence-electron chi connectivity index (χ1n) is 13.6. The van der Waals surface area contributed by atoms with Gasteiger partial charge in [0.05, 0.1) is 21.3 Å². The van der Waals surface area contributed by atoms with Gasteiger partial charge in [-0.1, -0.05) is 12.1 Å². The number of carbonyl (C=O) groups is 1. The minimum atomic E-state index is -0.293. The predicted molar refractivity (Wildman–Crippen MR) is 163 cm³/mol. The van der Waals surface area contributed by atoms with Crippen LogP contribution in [0.1, 0.15) is 29.5 Å². The van der Waals surface area contributed by atoms with Gasteiger partial charge >= 0.3 is 5.97 Å². The van der Waals surface area contributed by atoms with Gasteiger partial charge in [-0.3, -0.25) is 19.7 Å². The minimum Gasteiger partial charge on any atom is -0.493 e. The van der Waals surface area contributed by atoms with E-state index in [1.54, 1.807) is 33.7 Å². The summed E-state index contributed by atoms with van der Waals surface area (Å²) in [6.45, 7) is 13.6. The Hall–Kier alpha value is -4.17. The van der Waals surface area contributed by atoms with E-state index in [0.717, 1.165) is 49.0 Å². The summed E-state index contributed by atoms with van der Waals surface area (Å²) in [6.07, 6.45) is 10.6. The Morgan fingerprint density at radius 1 is 0.902 bits per heavy atom. The monoisotopic (exact) mass is 561 g/mol. The van der Waals surface area contributed by atoms with Crippen molar-refractivity contribution in [2.24, 2.45) is 0 Å². The van der Waals surface area contributed by atoms with E-state index in [1.807, 2.05) is 48.8 Å². The Morgan fingerprint density at radius 3 is 1.93 bits per heavy atom. The number of pyridine rings is 2. The third-order valence-corrected chi connectivity index (χ3v) is 6.70. The van der Waals surface area contributed by atoms with E-state index in [0.29, 0.717) is 30.1 Å². The van der Waals surface area contributed by atoms with E-state index in [9.17, 15) is 4.79 Å².